The van der Waals surface area contributed by atoms with Crippen LogP contribution in [0.2, 0.25) is 0 Å². The van der Waals surface area contributed by atoms with Crippen molar-refractivity contribution in [2.24, 2.45) is 0 Å². The number of nitrogen functional groups attached to an aromatic ring is 1. The quantitative estimate of drug-likeness (QED) is 0.586. The van der Waals surface area contributed by atoms with Crippen LogP contribution in [-0.4, -0.2) is 32.5 Å². The molecule has 0 aliphatic carbocycles. The topological polar surface area (TPSA) is 53.7 Å². The van der Waals surface area contributed by atoms with Crippen LogP contribution < -0.4 is 10.5 Å². The third kappa shape index (κ3) is 3.40. The molecule has 16 heavy (non-hydrogen) atoms. The first-order valence-electron chi connectivity index (χ1n) is 5.52. The lowest BCUT2D eigenvalue weighted by Gasteiger charge is -2.25. The van der Waals surface area contributed by atoms with E-state index in [4.69, 9.17) is 19.9 Å². The third-order valence-corrected chi connectivity index (χ3v) is 2.40. The van der Waals surface area contributed by atoms with Crippen LogP contribution in [0.5, 0.6) is 5.75 Å². The van der Waals surface area contributed by atoms with E-state index in [1.165, 1.54) is 0 Å². The van der Waals surface area contributed by atoms with E-state index in [0.29, 0.717) is 12.7 Å². The van der Waals surface area contributed by atoms with Gasteiger partial charge >= 0.3 is 0 Å². The van der Waals surface area contributed by atoms with E-state index in [2.05, 4.69) is 0 Å². The highest BCUT2D eigenvalue weighted by atomic mass is 16.6. The summed E-state index contributed by atoms with van der Waals surface area (Å²) in [6.45, 7) is 2.86. The summed E-state index contributed by atoms with van der Waals surface area (Å²) in [4.78, 5) is 0. The number of anilines is 1. The Balaban J connectivity index is 1.55. The van der Waals surface area contributed by atoms with Gasteiger partial charge in [0, 0.05) is 12.1 Å². The Hall–Kier alpha value is -1.26. The van der Waals surface area contributed by atoms with Crippen molar-refractivity contribution >= 4 is 5.69 Å². The van der Waals surface area contributed by atoms with Gasteiger partial charge in [-0.25, -0.2) is 0 Å². The normalized spacial score (nSPS) is 15.8. The Morgan fingerprint density at radius 1 is 1.19 bits per heavy atom. The molecule has 4 heteroatoms. The van der Waals surface area contributed by atoms with Crippen LogP contribution in [0.3, 0.4) is 0 Å². The van der Waals surface area contributed by atoms with Crippen LogP contribution in [0.1, 0.15) is 6.42 Å². The first-order valence-corrected chi connectivity index (χ1v) is 5.52. The molecular formula is C12H17NO3. The maximum Gasteiger partial charge on any atom is 0.119 e. The second-order valence-electron chi connectivity index (χ2n) is 3.80. The van der Waals surface area contributed by atoms with E-state index in [9.17, 15) is 0 Å². The molecule has 0 atom stereocenters. The van der Waals surface area contributed by atoms with Crippen LogP contribution in [0.15, 0.2) is 24.3 Å². The Kier molecular flexibility index (Phi) is 4.02. The zero-order valence-electron chi connectivity index (χ0n) is 9.22. The van der Waals surface area contributed by atoms with Crippen LogP contribution in [0, 0.1) is 0 Å². The summed E-state index contributed by atoms with van der Waals surface area (Å²) in [6, 6.07) is 7.40. The van der Waals surface area contributed by atoms with Crippen LogP contribution in [0.4, 0.5) is 5.69 Å². The molecule has 2 N–H and O–H groups in total. The molecule has 1 heterocycles. The molecule has 1 aliphatic rings. The van der Waals surface area contributed by atoms with E-state index < -0.39 is 0 Å². The summed E-state index contributed by atoms with van der Waals surface area (Å²) in [6.07, 6.45) is 1.19. The molecule has 1 saturated heterocycles. The molecule has 2 rings (SSSR count). The Bertz CT molecular complexity index is 309. The Morgan fingerprint density at radius 2 is 1.94 bits per heavy atom. The van der Waals surface area contributed by atoms with Gasteiger partial charge in [-0.3, -0.25) is 0 Å². The minimum Gasteiger partial charge on any atom is -0.494 e. The lowest BCUT2D eigenvalue weighted by atomic mass is 10.3. The Labute approximate surface area is 95.3 Å². The van der Waals surface area contributed by atoms with Crippen molar-refractivity contribution in [3.05, 3.63) is 24.3 Å². The van der Waals surface area contributed by atoms with Gasteiger partial charge in [0.25, 0.3) is 0 Å². The summed E-state index contributed by atoms with van der Waals surface area (Å²) >= 11 is 0. The first-order chi connectivity index (χ1) is 7.84. The predicted molar refractivity (Wildman–Crippen MR) is 61.5 cm³/mol. The maximum atomic E-state index is 5.57. The highest BCUT2D eigenvalue weighted by molar-refractivity contribution is 5.41. The van der Waals surface area contributed by atoms with Gasteiger partial charge in [-0.05, 0) is 24.3 Å². The standard InChI is InChI=1S/C12H17NO3/c13-10-2-4-11(5-3-10)15-6-1-7-16-12-8-14-9-12/h2-5,12H,1,6-9,13H2. The zero-order chi connectivity index (χ0) is 11.2. The maximum absolute atomic E-state index is 5.57. The molecule has 0 aromatic heterocycles. The lowest BCUT2D eigenvalue weighted by Crippen LogP contribution is -2.36. The fraction of sp³-hybridized carbons (Fsp3) is 0.500. The lowest BCUT2D eigenvalue weighted by molar-refractivity contribution is -0.130. The van der Waals surface area contributed by atoms with Crippen molar-refractivity contribution in [2.75, 3.05) is 32.2 Å². The highest BCUT2D eigenvalue weighted by Gasteiger charge is 2.17. The van der Waals surface area contributed by atoms with E-state index >= 15 is 0 Å². The fourth-order valence-corrected chi connectivity index (χ4v) is 1.37. The molecular weight excluding hydrogens is 206 g/mol. The van der Waals surface area contributed by atoms with Gasteiger partial charge in [0.15, 0.2) is 0 Å². The van der Waals surface area contributed by atoms with Crippen LogP contribution >= 0.6 is 0 Å². The monoisotopic (exact) mass is 223 g/mol. The molecule has 0 spiro atoms. The number of ether oxygens (including phenoxy) is 3. The van der Waals surface area contributed by atoms with Gasteiger partial charge in [-0.2, -0.15) is 0 Å². The zero-order valence-corrected chi connectivity index (χ0v) is 9.22. The molecule has 1 aromatic rings. The highest BCUT2D eigenvalue weighted by Crippen LogP contribution is 2.13. The van der Waals surface area contributed by atoms with Gasteiger partial charge in [-0.15, -0.1) is 0 Å². The molecule has 1 aliphatic heterocycles. The predicted octanol–water partition coefficient (Wildman–Crippen LogP) is 1.45. The number of benzene rings is 1. The van der Waals surface area contributed by atoms with Crippen molar-refractivity contribution in [2.45, 2.75) is 12.5 Å². The van der Waals surface area contributed by atoms with Crippen molar-refractivity contribution in [3.8, 4) is 5.75 Å². The number of nitrogens with two attached hydrogens (primary N) is 1. The fourth-order valence-electron chi connectivity index (χ4n) is 1.37. The SMILES string of the molecule is Nc1ccc(OCCCOC2COC2)cc1. The second-order valence-corrected chi connectivity index (χ2v) is 3.80. The molecule has 0 amide bonds. The van der Waals surface area contributed by atoms with Gasteiger partial charge in [-0.1, -0.05) is 0 Å². The molecule has 1 aromatic carbocycles. The van der Waals surface area contributed by atoms with Crippen LogP contribution in [0.25, 0.3) is 0 Å². The number of rotatable bonds is 6. The molecule has 1 fully saturated rings. The molecule has 0 radical (unpaired) electrons. The minimum atomic E-state index is 0.302. The Morgan fingerprint density at radius 3 is 2.56 bits per heavy atom. The van der Waals surface area contributed by atoms with Crippen molar-refractivity contribution < 1.29 is 14.2 Å². The molecule has 4 nitrogen and oxygen atoms in total. The summed E-state index contributed by atoms with van der Waals surface area (Å²) in [5.74, 6) is 0.848. The van der Waals surface area contributed by atoms with Crippen molar-refractivity contribution in [1.29, 1.82) is 0 Å². The van der Waals surface area contributed by atoms with Gasteiger partial charge in [0.05, 0.1) is 26.4 Å². The van der Waals surface area contributed by atoms with Gasteiger partial charge in [0.2, 0.25) is 0 Å². The average Bonchev–Trinajstić information content (AvgIpc) is 2.23. The average molecular weight is 223 g/mol. The van der Waals surface area contributed by atoms with Gasteiger partial charge in [0.1, 0.15) is 11.9 Å². The van der Waals surface area contributed by atoms with Crippen molar-refractivity contribution in [1.82, 2.24) is 0 Å². The molecule has 0 saturated carbocycles. The number of hydrogen-bond donors (Lipinski definition) is 1. The first kappa shape index (κ1) is 11.2. The van der Waals surface area contributed by atoms with E-state index in [1.807, 2.05) is 24.3 Å². The summed E-state index contributed by atoms with van der Waals surface area (Å²) < 4.78 is 16.0. The van der Waals surface area contributed by atoms with Crippen molar-refractivity contribution in [3.63, 3.8) is 0 Å². The summed E-state index contributed by atoms with van der Waals surface area (Å²) in [5.41, 5.74) is 6.32. The molecule has 0 unspecified atom stereocenters. The minimum absolute atomic E-state index is 0.302. The third-order valence-electron chi connectivity index (χ3n) is 2.40. The summed E-state index contributed by atoms with van der Waals surface area (Å²) in [7, 11) is 0. The molecule has 0 bridgehead atoms. The molecule has 88 valence electrons. The smallest absolute Gasteiger partial charge is 0.119 e. The van der Waals surface area contributed by atoms with E-state index in [0.717, 1.165) is 37.7 Å². The largest absolute Gasteiger partial charge is 0.494 e. The second kappa shape index (κ2) is 5.72. The van der Waals surface area contributed by atoms with Crippen LogP contribution in [-0.2, 0) is 9.47 Å². The summed E-state index contributed by atoms with van der Waals surface area (Å²) in [5, 5.41) is 0. The van der Waals surface area contributed by atoms with E-state index in [-0.39, 0.29) is 0 Å². The van der Waals surface area contributed by atoms with Gasteiger partial charge < -0.3 is 19.9 Å². The van der Waals surface area contributed by atoms with E-state index in [1.54, 1.807) is 0 Å². The number of hydrogen-bond acceptors (Lipinski definition) is 4.